The Labute approximate surface area is 130 Å². The molecule has 0 unspecified atom stereocenters. The van der Waals surface area contributed by atoms with Crippen molar-refractivity contribution in [3.8, 4) is 5.75 Å². The van der Waals surface area contributed by atoms with E-state index < -0.39 is 0 Å². The summed E-state index contributed by atoms with van der Waals surface area (Å²) in [6, 6.07) is 5.39. The number of piperazine rings is 1. The van der Waals surface area contributed by atoms with E-state index in [-0.39, 0.29) is 12.5 Å². The van der Waals surface area contributed by atoms with Gasteiger partial charge >= 0.3 is 0 Å². The second-order valence-electron chi connectivity index (χ2n) is 5.17. The van der Waals surface area contributed by atoms with Crippen LogP contribution in [-0.2, 0) is 4.79 Å². The Morgan fingerprint density at radius 1 is 1.38 bits per heavy atom. The summed E-state index contributed by atoms with van der Waals surface area (Å²) in [5, 5.41) is 0.671. The zero-order chi connectivity index (χ0) is 15.2. The number of benzene rings is 1. The molecule has 1 aromatic carbocycles. The Hall–Kier alpha value is -1.52. The Morgan fingerprint density at radius 3 is 2.71 bits per heavy atom. The van der Waals surface area contributed by atoms with E-state index in [1.165, 1.54) is 0 Å². The number of nitrogens with zero attached hydrogens (tertiary/aromatic N) is 2. The summed E-state index contributed by atoms with van der Waals surface area (Å²) in [7, 11) is 0. The van der Waals surface area contributed by atoms with Gasteiger partial charge in [-0.05, 0) is 30.7 Å². The Kier molecular flexibility index (Phi) is 5.65. The molecule has 1 aromatic rings. The van der Waals surface area contributed by atoms with Crippen LogP contribution in [0.3, 0.4) is 0 Å². The highest BCUT2D eigenvalue weighted by Crippen LogP contribution is 2.21. The number of hydrogen-bond donors (Lipinski definition) is 0. The van der Waals surface area contributed by atoms with Gasteiger partial charge in [-0.3, -0.25) is 9.69 Å². The lowest BCUT2D eigenvalue weighted by Gasteiger charge is -2.34. The Balaban J connectivity index is 1.81. The second-order valence-corrected chi connectivity index (χ2v) is 5.60. The van der Waals surface area contributed by atoms with Gasteiger partial charge in [-0.1, -0.05) is 17.7 Å². The van der Waals surface area contributed by atoms with Gasteiger partial charge in [0.2, 0.25) is 0 Å². The smallest absolute Gasteiger partial charge is 0.260 e. The van der Waals surface area contributed by atoms with Crippen LogP contribution in [0.4, 0.5) is 0 Å². The minimum absolute atomic E-state index is 0.0302. The first kappa shape index (κ1) is 15.9. The third-order valence-corrected chi connectivity index (χ3v) is 3.84. The number of carbonyl (C=O) groups excluding carboxylic acids is 1. The van der Waals surface area contributed by atoms with Gasteiger partial charge in [0.05, 0.1) is 0 Å². The summed E-state index contributed by atoms with van der Waals surface area (Å²) in [5.41, 5.74) is 0.936. The number of halogens is 1. The van der Waals surface area contributed by atoms with Gasteiger partial charge < -0.3 is 9.64 Å². The third kappa shape index (κ3) is 4.48. The zero-order valence-corrected chi connectivity index (χ0v) is 13.1. The van der Waals surface area contributed by atoms with Crippen molar-refractivity contribution in [2.75, 3.05) is 39.3 Å². The van der Waals surface area contributed by atoms with Crippen LogP contribution in [0, 0.1) is 6.92 Å². The number of hydrogen-bond acceptors (Lipinski definition) is 3. The number of ether oxygens (including phenoxy) is 1. The molecule has 0 spiro atoms. The highest BCUT2D eigenvalue weighted by Gasteiger charge is 2.20. The molecule has 0 radical (unpaired) electrons. The average Bonchev–Trinajstić information content (AvgIpc) is 2.47. The van der Waals surface area contributed by atoms with Gasteiger partial charge in [0.25, 0.3) is 5.91 Å². The minimum atomic E-state index is 0.0302. The van der Waals surface area contributed by atoms with Gasteiger partial charge in [0.15, 0.2) is 6.61 Å². The molecule has 2 rings (SSSR count). The largest absolute Gasteiger partial charge is 0.483 e. The van der Waals surface area contributed by atoms with Crippen molar-refractivity contribution in [3.63, 3.8) is 0 Å². The fraction of sp³-hybridized carbons (Fsp3) is 0.438. The number of carbonyl (C=O) groups is 1. The molecule has 0 N–H and O–H groups in total. The van der Waals surface area contributed by atoms with E-state index in [1.807, 2.05) is 24.0 Å². The van der Waals surface area contributed by atoms with Gasteiger partial charge in [0.1, 0.15) is 5.75 Å². The molecule has 0 saturated carbocycles. The zero-order valence-electron chi connectivity index (χ0n) is 12.3. The van der Waals surface area contributed by atoms with Crippen LogP contribution in [0.2, 0.25) is 5.02 Å². The average molecular weight is 309 g/mol. The monoisotopic (exact) mass is 308 g/mol. The van der Waals surface area contributed by atoms with Crippen molar-refractivity contribution in [2.45, 2.75) is 6.92 Å². The molecule has 1 heterocycles. The molecule has 5 heteroatoms. The number of rotatable bonds is 5. The van der Waals surface area contributed by atoms with E-state index in [9.17, 15) is 4.79 Å². The third-order valence-electron chi connectivity index (χ3n) is 3.60. The van der Waals surface area contributed by atoms with E-state index in [0.717, 1.165) is 38.3 Å². The quantitative estimate of drug-likeness (QED) is 0.783. The fourth-order valence-corrected chi connectivity index (χ4v) is 2.59. The van der Waals surface area contributed by atoms with Crippen molar-refractivity contribution in [1.82, 2.24) is 9.80 Å². The number of aryl methyl sites for hydroxylation is 1. The van der Waals surface area contributed by atoms with Crippen molar-refractivity contribution < 1.29 is 9.53 Å². The molecule has 1 amide bonds. The first-order valence-corrected chi connectivity index (χ1v) is 7.48. The van der Waals surface area contributed by atoms with Crippen molar-refractivity contribution in [3.05, 3.63) is 41.4 Å². The lowest BCUT2D eigenvalue weighted by atomic mass is 10.2. The van der Waals surface area contributed by atoms with E-state index >= 15 is 0 Å². The van der Waals surface area contributed by atoms with Crippen molar-refractivity contribution in [1.29, 1.82) is 0 Å². The Bertz CT molecular complexity index is 511. The summed E-state index contributed by atoms with van der Waals surface area (Å²) < 4.78 is 5.60. The summed E-state index contributed by atoms with van der Waals surface area (Å²) in [4.78, 5) is 16.3. The number of amides is 1. The molecule has 1 aliphatic rings. The maximum Gasteiger partial charge on any atom is 0.260 e. The van der Waals surface area contributed by atoms with Crippen LogP contribution in [0.5, 0.6) is 5.75 Å². The Morgan fingerprint density at radius 2 is 2.10 bits per heavy atom. The molecule has 0 aliphatic carbocycles. The predicted molar refractivity (Wildman–Crippen MR) is 84.9 cm³/mol. The van der Waals surface area contributed by atoms with Crippen LogP contribution in [0.15, 0.2) is 30.9 Å². The standard InChI is InChI=1S/C16H21ClN2O2/c1-3-6-18-7-9-19(10-8-18)16(20)12-21-15-5-4-14(17)11-13(15)2/h3-5,11H,1,6-10,12H2,2H3. The first-order valence-electron chi connectivity index (χ1n) is 7.10. The van der Waals surface area contributed by atoms with Gasteiger partial charge in [0, 0.05) is 37.7 Å². The summed E-state index contributed by atoms with van der Waals surface area (Å²) in [6.45, 7) is 9.87. The maximum atomic E-state index is 12.2. The van der Waals surface area contributed by atoms with Crippen LogP contribution >= 0.6 is 11.6 Å². The SMILES string of the molecule is C=CCN1CCN(C(=O)COc2ccc(Cl)cc2C)CC1. The van der Waals surface area contributed by atoms with E-state index in [4.69, 9.17) is 16.3 Å². The molecule has 0 bridgehead atoms. The molecule has 0 atom stereocenters. The molecule has 0 aromatic heterocycles. The predicted octanol–water partition coefficient (Wildman–Crippen LogP) is 2.36. The molecule has 114 valence electrons. The highest BCUT2D eigenvalue weighted by atomic mass is 35.5. The van der Waals surface area contributed by atoms with E-state index in [2.05, 4.69) is 11.5 Å². The van der Waals surface area contributed by atoms with Crippen molar-refractivity contribution >= 4 is 17.5 Å². The second kappa shape index (κ2) is 7.48. The summed E-state index contributed by atoms with van der Waals surface area (Å²) in [5.74, 6) is 0.737. The van der Waals surface area contributed by atoms with Gasteiger partial charge in [-0.25, -0.2) is 0 Å². The van der Waals surface area contributed by atoms with Crippen molar-refractivity contribution in [2.24, 2.45) is 0 Å². The maximum absolute atomic E-state index is 12.2. The summed E-state index contributed by atoms with van der Waals surface area (Å²) in [6.07, 6.45) is 1.89. The first-order chi connectivity index (χ1) is 10.1. The molecule has 1 fully saturated rings. The molecule has 1 aliphatic heterocycles. The fourth-order valence-electron chi connectivity index (χ4n) is 2.37. The van der Waals surface area contributed by atoms with Gasteiger partial charge in [-0.15, -0.1) is 6.58 Å². The van der Waals surface area contributed by atoms with Crippen LogP contribution in [0.25, 0.3) is 0 Å². The molecule has 1 saturated heterocycles. The lowest BCUT2D eigenvalue weighted by Crippen LogP contribution is -2.49. The summed E-state index contributed by atoms with van der Waals surface area (Å²) >= 11 is 5.90. The van der Waals surface area contributed by atoms with Crippen LogP contribution in [-0.4, -0.2) is 55.0 Å². The molecule has 21 heavy (non-hydrogen) atoms. The topological polar surface area (TPSA) is 32.8 Å². The normalized spacial score (nSPS) is 15.8. The highest BCUT2D eigenvalue weighted by molar-refractivity contribution is 6.30. The lowest BCUT2D eigenvalue weighted by molar-refractivity contribution is -0.135. The van der Waals surface area contributed by atoms with Gasteiger partial charge in [-0.2, -0.15) is 0 Å². The minimum Gasteiger partial charge on any atom is -0.483 e. The molecular formula is C16H21ClN2O2. The van der Waals surface area contributed by atoms with E-state index in [1.54, 1.807) is 12.1 Å². The van der Waals surface area contributed by atoms with Crippen LogP contribution in [0.1, 0.15) is 5.56 Å². The molecular weight excluding hydrogens is 288 g/mol. The molecule has 4 nitrogen and oxygen atoms in total. The van der Waals surface area contributed by atoms with Crippen LogP contribution < -0.4 is 4.74 Å². The van der Waals surface area contributed by atoms with E-state index in [0.29, 0.717) is 10.8 Å².